The molecule has 0 bridgehead atoms. The third-order valence-corrected chi connectivity index (χ3v) is 4.57. The van der Waals surface area contributed by atoms with Gasteiger partial charge < -0.3 is 0 Å². The lowest BCUT2D eigenvalue weighted by Crippen LogP contribution is -2.07. The standard InChI is InChI=1S/C12H13ClNO2P/c13-11-7-6-10(8-12(11)14(15)16)17-9-4-2-1-3-5-9/h2,4,6-9,17H,1,3,5H2. The Kier molecular flexibility index (Phi) is 4.14. The zero-order valence-electron chi connectivity index (χ0n) is 9.23. The van der Waals surface area contributed by atoms with Crippen LogP contribution >= 0.6 is 20.2 Å². The van der Waals surface area contributed by atoms with Gasteiger partial charge in [0.1, 0.15) is 5.02 Å². The molecule has 3 nitrogen and oxygen atoms in total. The number of hydrogen-bond donors (Lipinski definition) is 0. The minimum atomic E-state index is -0.424. The molecule has 0 radical (unpaired) electrons. The molecular weight excluding hydrogens is 257 g/mol. The van der Waals surface area contributed by atoms with Crippen molar-refractivity contribution in [1.29, 1.82) is 0 Å². The first-order chi connectivity index (χ1) is 8.16. The van der Waals surface area contributed by atoms with E-state index in [0.29, 0.717) is 14.2 Å². The lowest BCUT2D eigenvalue weighted by atomic mass is 10.1. The summed E-state index contributed by atoms with van der Waals surface area (Å²) in [5.74, 6) is 0. The molecule has 1 aromatic rings. The van der Waals surface area contributed by atoms with Crippen LogP contribution < -0.4 is 5.30 Å². The predicted octanol–water partition coefficient (Wildman–Crippen LogP) is 3.66. The molecule has 0 spiro atoms. The lowest BCUT2D eigenvalue weighted by molar-refractivity contribution is -0.384. The van der Waals surface area contributed by atoms with Crippen LogP contribution in [0, 0.1) is 10.1 Å². The molecule has 1 aliphatic carbocycles. The van der Waals surface area contributed by atoms with Crippen LogP contribution in [0.1, 0.15) is 19.3 Å². The maximum absolute atomic E-state index is 10.8. The minimum absolute atomic E-state index is 0.0106. The average molecular weight is 270 g/mol. The molecule has 0 N–H and O–H groups in total. The Morgan fingerprint density at radius 2 is 2.29 bits per heavy atom. The molecule has 2 unspecified atom stereocenters. The van der Waals surface area contributed by atoms with Gasteiger partial charge in [0, 0.05) is 6.07 Å². The van der Waals surface area contributed by atoms with Gasteiger partial charge in [0.15, 0.2) is 0 Å². The van der Waals surface area contributed by atoms with E-state index in [1.54, 1.807) is 12.1 Å². The highest BCUT2D eigenvalue weighted by Crippen LogP contribution is 2.31. The van der Waals surface area contributed by atoms with Gasteiger partial charge in [0.05, 0.1) is 4.92 Å². The van der Waals surface area contributed by atoms with Crippen LogP contribution in [0.25, 0.3) is 0 Å². The minimum Gasteiger partial charge on any atom is -0.258 e. The topological polar surface area (TPSA) is 43.1 Å². The van der Waals surface area contributed by atoms with Gasteiger partial charge in [-0.25, -0.2) is 0 Å². The number of nitro benzene ring substituents is 1. The van der Waals surface area contributed by atoms with Crippen molar-refractivity contribution >= 4 is 31.2 Å². The zero-order valence-corrected chi connectivity index (χ0v) is 11.0. The number of benzene rings is 1. The number of hydrogen-bond acceptors (Lipinski definition) is 2. The molecule has 1 aromatic carbocycles. The first-order valence-corrected chi connectivity index (χ1v) is 6.99. The highest BCUT2D eigenvalue weighted by molar-refractivity contribution is 7.48. The van der Waals surface area contributed by atoms with Gasteiger partial charge in [-0.15, -0.1) is 0 Å². The molecule has 0 aliphatic heterocycles. The van der Waals surface area contributed by atoms with Crippen molar-refractivity contribution in [2.24, 2.45) is 0 Å². The van der Waals surface area contributed by atoms with E-state index in [-0.39, 0.29) is 10.7 Å². The third kappa shape index (κ3) is 3.27. The summed E-state index contributed by atoms with van der Waals surface area (Å²) in [6.07, 6.45) is 7.96. The molecule has 0 heterocycles. The van der Waals surface area contributed by atoms with Crippen LogP contribution in [0.2, 0.25) is 5.02 Å². The van der Waals surface area contributed by atoms with Gasteiger partial charge in [0.25, 0.3) is 5.69 Å². The van der Waals surface area contributed by atoms with E-state index in [0.717, 1.165) is 11.7 Å². The van der Waals surface area contributed by atoms with Crippen LogP contribution in [0.4, 0.5) is 5.69 Å². The summed E-state index contributed by atoms with van der Waals surface area (Å²) in [6, 6.07) is 5.11. The Morgan fingerprint density at radius 3 is 2.94 bits per heavy atom. The summed E-state index contributed by atoms with van der Waals surface area (Å²) in [4.78, 5) is 10.4. The molecule has 17 heavy (non-hydrogen) atoms. The van der Waals surface area contributed by atoms with Gasteiger partial charge >= 0.3 is 0 Å². The smallest absolute Gasteiger partial charge is 0.258 e. The predicted molar refractivity (Wildman–Crippen MR) is 72.8 cm³/mol. The van der Waals surface area contributed by atoms with Gasteiger partial charge in [-0.3, -0.25) is 10.1 Å². The van der Waals surface area contributed by atoms with Crippen molar-refractivity contribution in [3.63, 3.8) is 0 Å². The first-order valence-electron chi connectivity index (χ1n) is 5.54. The highest BCUT2D eigenvalue weighted by Gasteiger charge is 2.15. The number of nitro groups is 1. The highest BCUT2D eigenvalue weighted by atomic mass is 35.5. The van der Waals surface area contributed by atoms with Crippen molar-refractivity contribution in [2.75, 3.05) is 0 Å². The van der Waals surface area contributed by atoms with Crippen molar-refractivity contribution in [2.45, 2.75) is 24.9 Å². The van der Waals surface area contributed by atoms with E-state index in [1.807, 2.05) is 6.07 Å². The number of rotatable bonds is 3. The lowest BCUT2D eigenvalue weighted by Gasteiger charge is -2.16. The van der Waals surface area contributed by atoms with E-state index in [1.165, 1.54) is 12.8 Å². The molecule has 0 saturated carbocycles. The Labute approximate surface area is 107 Å². The number of allylic oxidation sites excluding steroid dienone is 2. The van der Waals surface area contributed by atoms with E-state index in [2.05, 4.69) is 12.2 Å². The SMILES string of the molecule is O=[N+]([O-])c1cc(PC2C=CCCC2)ccc1Cl. The maximum Gasteiger partial charge on any atom is 0.288 e. The van der Waals surface area contributed by atoms with E-state index in [4.69, 9.17) is 11.6 Å². The monoisotopic (exact) mass is 269 g/mol. The molecule has 2 rings (SSSR count). The molecule has 0 aromatic heterocycles. The van der Waals surface area contributed by atoms with Gasteiger partial charge in [-0.2, -0.15) is 0 Å². The summed E-state index contributed by atoms with van der Waals surface area (Å²) in [6.45, 7) is 0. The fourth-order valence-corrected chi connectivity index (χ4v) is 3.48. The van der Waals surface area contributed by atoms with Crippen molar-refractivity contribution in [3.8, 4) is 0 Å². The zero-order chi connectivity index (χ0) is 12.3. The Balaban J connectivity index is 2.16. The fourth-order valence-electron chi connectivity index (χ4n) is 1.89. The van der Waals surface area contributed by atoms with Crippen LogP contribution in [-0.4, -0.2) is 10.6 Å². The van der Waals surface area contributed by atoms with Crippen molar-refractivity contribution in [1.82, 2.24) is 0 Å². The van der Waals surface area contributed by atoms with Gasteiger partial charge in [0.2, 0.25) is 0 Å². The second-order valence-electron chi connectivity index (χ2n) is 4.03. The molecule has 2 atom stereocenters. The third-order valence-electron chi connectivity index (χ3n) is 2.75. The van der Waals surface area contributed by atoms with E-state index < -0.39 is 4.92 Å². The Morgan fingerprint density at radius 1 is 1.47 bits per heavy atom. The number of nitrogens with zero attached hydrogens (tertiary/aromatic N) is 1. The largest absolute Gasteiger partial charge is 0.288 e. The van der Waals surface area contributed by atoms with Crippen molar-refractivity contribution < 1.29 is 4.92 Å². The van der Waals surface area contributed by atoms with Gasteiger partial charge in [-0.05, 0) is 36.3 Å². The molecule has 1 aliphatic rings. The second-order valence-corrected chi connectivity index (χ2v) is 6.05. The quantitative estimate of drug-likeness (QED) is 0.364. The second kappa shape index (κ2) is 5.61. The summed E-state index contributed by atoms with van der Waals surface area (Å²) in [5.41, 5.74) is 0.543. The Bertz CT molecular complexity index is 462. The molecule has 0 amide bonds. The van der Waals surface area contributed by atoms with Crippen LogP contribution in [0.3, 0.4) is 0 Å². The summed E-state index contributed by atoms with van der Waals surface area (Å²) in [5, 5.41) is 12.0. The van der Waals surface area contributed by atoms with Crippen LogP contribution in [0.15, 0.2) is 30.4 Å². The van der Waals surface area contributed by atoms with E-state index in [9.17, 15) is 10.1 Å². The molecule has 0 saturated heterocycles. The molecule has 0 fully saturated rings. The molecule has 5 heteroatoms. The fraction of sp³-hybridized carbons (Fsp3) is 0.333. The maximum atomic E-state index is 10.8. The normalized spacial score (nSPS) is 19.9. The Hall–Kier alpha value is -0.920. The molecular formula is C12H13ClNO2P. The summed E-state index contributed by atoms with van der Waals surface area (Å²) in [7, 11) is 0.589. The van der Waals surface area contributed by atoms with Crippen LogP contribution in [-0.2, 0) is 0 Å². The average Bonchev–Trinajstić information content (AvgIpc) is 2.32. The van der Waals surface area contributed by atoms with Crippen molar-refractivity contribution in [3.05, 3.63) is 45.5 Å². The molecule has 90 valence electrons. The summed E-state index contributed by atoms with van der Waals surface area (Å²) >= 11 is 5.78. The van der Waals surface area contributed by atoms with Gasteiger partial charge in [-0.1, -0.05) is 38.4 Å². The summed E-state index contributed by atoms with van der Waals surface area (Å²) < 4.78 is 0. The van der Waals surface area contributed by atoms with E-state index >= 15 is 0 Å². The van der Waals surface area contributed by atoms with Crippen LogP contribution in [0.5, 0.6) is 0 Å². The number of halogens is 1. The first kappa shape index (κ1) is 12.5.